The lowest BCUT2D eigenvalue weighted by atomic mass is 10.1. The first-order valence-corrected chi connectivity index (χ1v) is 8.48. The van der Waals surface area contributed by atoms with Crippen LogP contribution in [0.4, 0.5) is 11.4 Å². The maximum atomic E-state index is 12.4. The molecule has 3 rings (SSSR count). The molecule has 1 N–H and O–H groups in total. The van der Waals surface area contributed by atoms with Gasteiger partial charge in [0, 0.05) is 16.7 Å². The minimum absolute atomic E-state index is 0.0840. The largest absolute Gasteiger partial charge is 0.479 e. The molecule has 1 aliphatic rings. The molecule has 0 fully saturated rings. The molecule has 1 unspecified atom stereocenters. The minimum Gasteiger partial charge on any atom is -0.479 e. The van der Waals surface area contributed by atoms with Gasteiger partial charge in [0.1, 0.15) is 5.75 Å². The van der Waals surface area contributed by atoms with Crippen LogP contribution in [0, 0.1) is 0 Å². The molecule has 0 aliphatic carbocycles. The van der Waals surface area contributed by atoms with E-state index in [1.165, 1.54) is 0 Å². The summed E-state index contributed by atoms with van der Waals surface area (Å²) in [6.07, 6.45) is -0.502. The van der Waals surface area contributed by atoms with Crippen LogP contribution >= 0.6 is 15.9 Å². The fourth-order valence-electron chi connectivity index (χ4n) is 2.65. The summed E-state index contributed by atoms with van der Waals surface area (Å²) in [6, 6.07) is 12.5. The molecule has 0 radical (unpaired) electrons. The fraction of sp³-hybridized carbons (Fsp3) is 0.222. The van der Waals surface area contributed by atoms with Gasteiger partial charge in [-0.1, -0.05) is 12.1 Å². The first-order valence-electron chi connectivity index (χ1n) is 7.69. The van der Waals surface area contributed by atoms with Gasteiger partial charge in [0.2, 0.25) is 0 Å². The van der Waals surface area contributed by atoms with E-state index >= 15 is 0 Å². The molecule has 1 aliphatic heterocycles. The van der Waals surface area contributed by atoms with Crippen molar-refractivity contribution in [1.82, 2.24) is 0 Å². The normalized spacial score (nSPS) is 16.4. The van der Waals surface area contributed by atoms with Crippen LogP contribution in [0.5, 0.6) is 5.75 Å². The van der Waals surface area contributed by atoms with Gasteiger partial charge >= 0.3 is 0 Å². The van der Waals surface area contributed by atoms with Crippen molar-refractivity contribution in [2.45, 2.75) is 20.0 Å². The third-order valence-electron chi connectivity index (χ3n) is 3.86. The van der Waals surface area contributed by atoms with E-state index in [0.717, 1.165) is 4.47 Å². The lowest BCUT2D eigenvalue weighted by molar-refractivity contribution is -0.125. The number of ether oxygens (including phenoxy) is 1. The monoisotopic (exact) mass is 388 g/mol. The second kappa shape index (κ2) is 6.65. The number of nitrogens with one attached hydrogen (secondary N) is 1. The van der Waals surface area contributed by atoms with E-state index in [4.69, 9.17) is 4.74 Å². The molecular formula is C18H17BrN2O3. The highest BCUT2D eigenvalue weighted by atomic mass is 79.9. The Morgan fingerprint density at radius 3 is 2.75 bits per heavy atom. The molecule has 1 heterocycles. The van der Waals surface area contributed by atoms with Crippen LogP contribution < -0.4 is 15.0 Å². The van der Waals surface area contributed by atoms with Crippen molar-refractivity contribution in [2.24, 2.45) is 0 Å². The number of halogens is 1. The lowest BCUT2D eigenvalue weighted by Crippen LogP contribution is -2.44. The molecule has 2 amide bonds. The number of hydrogen-bond acceptors (Lipinski definition) is 3. The smallest absolute Gasteiger partial charge is 0.267 e. The maximum absolute atomic E-state index is 12.4. The van der Waals surface area contributed by atoms with Crippen LogP contribution in [0.3, 0.4) is 0 Å². The molecule has 6 heteroatoms. The van der Waals surface area contributed by atoms with Crippen LogP contribution in [0.1, 0.15) is 24.2 Å². The van der Waals surface area contributed by atoms with Gasteiger partial charge in [-0.05, 0) is 60.1 Å². The number of hydrogen-bond donors (Lipinski definition) is 1. The lowest BCUT2D eigenvalue weighted by Gasteiger charge is -2.32. The summed E-state index contributed by atoms with van der Waals surface area (Å²) in [6.45, 7) is 4.18. The third-order valence-corrected chi connectivity index (χ3v) is 4.55. The molecule has 0 saturated heterocycles. The van der Waals surface area contributed by atoms with Crippen molar-refractivity contribution >= 4 is 39.1 Å². The standard InChI is InChI=1S/C18H17BrN2O3/c1-3-21-15-10-12(8-9-16(15)24-11(2)18(21)23)20-17(22)13-6-4-5-7-14(13)19/h4-11H,3H2,1-2H3,(H,20,22). The number of amides is 2. The predicted octanol–water partition coefficient (Wildman–Crippen LogP) is 3.84. The first kappa shape index (κ1) is 16.5. The average Bonchev–Trinajstić information content (AvgIpc) is 2.57. The summed E-state index contributed by atoms with van der Waals surface area (Å²) >= 11 is 3.37. The third kappa shape index (κ3) is 3.01. The van der Waals surface area contributed by atoms with Crippen LogP contribution in [0.2, 0.25) is 0 Å². The second-order valence-electron chi connectivity index (χ2n) is 5.46. The molecule has 1 atom stereocenters. The maximum Gasteiger partial charge on any atom is 0.267 e. The highest BCUT2D eigenvalue weighted by molar-refractivity contribution is 9.10. The molecule has 2 aromatic carbocycles. The van der Waals surface area contributed by atoms with Crippen molar-refractivity contribution in [3.05, 3.63) is 52.5 Å². The van der Waals surface area contributed by atoms with Crippen molar-refractivity contribution in [2.75, 3.05) is 16.8 Å². The van der Waals surface area contributed by atoms with Gasteiger partial charge in [0.25, 0.3) is 11.8 Å². The predicted molar refractivity (Wildman–Crippen MR) is 96.7 cm³/mol. The van der Waals surface area contributed by atoms with Crippen molar-refractivity contribution < 1.29 is 14.3 Å². The zero-order valence-electron chi connectivity index (χ0n) is 13.4. The van der Waals surface area contributed by atoms with Gasteiger partial charge in [-0.25, -0.2) is 0 Å². The Hall–Kier alpha value is -2.34. The number of fused-ring (bicyclic) bond motifs is 1. The quantitative estimate of drug-likeness (QED) is 0.868. The zero-order valence-corrected chi connectivity index (χ0v) is 15.0. The fourth-order valence-corrected chi connectivity index (χ4v) is 3.12. The molecule has 0 saturated carbocycles. The number of anilines is 2. The topological polar surface area (TPSA) is 58.6 Å². The van der Waals surface area contributed by atoms with Gasteiger partial charge in [0.05, 0.1) is 11.3 Å². The molecule has 24 heavy (non-hydrogen) atoms. The molecule has 124 valence electrons. The van der Waals surface area contributed by atoms with E-state index in [-0.39, 0.29) is 11.8 Å². The van der Waals surface area contributed by atoms with E-state index < -0.39 is 6.10 Å². The van der Waals surface area contributed by atoms with E-state index in [2.05, 4.69) is 21.2 Å². The zero-order chi connectivity index (χ0) is 17.3. The first-order chi connectivity index (χ1) is 11.5. The van der Waals surface area contributed by atoms with Crippen LogP contribution in [-0.2, 0) is 4.79 Å². The summed E-state index contributed by atoms with van der Waals surface area (Å²) < 4.78 is 6.35. The van der Waals surface area contributed by atoms with Gasteiger partial charge < -0.3 is 15.0 Å². The highest BCUT2D eigenvalue weighted by Crippen LogP contribution is 2.36. The number of rotatable bonds is 3. The molecule has 0 bridgehead atoms. The number of likely N-dealkylation sites (N-methyl/N-ethyl adjacent to an activating group) is 1. The Labute approximate surface area is 148 Å². The molecule has 0 aromatic heterocycles. The minimum atomic E-state index is -0.502. The van der Waals surface area contributed by atoms with E-state index in [0.29, 0.717) is 29.2 Å². The molecule has 5 nitrogen and oxygen atoms in total. The Kier molecular flexibility index (Phi) is 4.57. The summed E-state index contributed by atoms with van der Waals surface area (Å²) in [5, 5.41) is 2.86. The molecular weight excluding hydrogens is 372 g/mol. The second-order valence-corrected chi connectivity index (χ2v) is 6.31. The van der Waals surface area contributed by atoms with Crippen molar-refractivity contribution in [3.63, 3.8) is 0 Å². The van der Waals surface area contributed by atoms with Crippen molar-refractivity contribution in [3.8, 4) is 5.75 Å². The number of carbonyl (C=O) groups excluding carboxylic acids is 2. The van der Waals surface area contributed by atoms with Gasteiger partial charge in [-0.2, -0.15) is 0 Å². The Balaban J connectivity index is 1.89. The van der Waals surface area contributed by atoms with Crippen molar-refractivity contribution in [1.29, 1.82) is 0 Å². The molecule has 0 spiro atoms. The van der Waals surface area contributed by atoms with E-state index in [1.54, 1.807) is 42.2 Å². The summed E-state index contributed by atoms with van der Waals surface area (Å²) in [7, 11) is 0. The number of carbonyl (C=O) groups is 2. The van der Waals surface area contributed by atoms with E-state index in [9.17, 15) is 9.59 Å². The van der Waals surface area contributed by atoms with Gasteiger partial charge in [-0.3, -0.25) is 9.59 Å². The summed E-state index contributed by atoms with van der Waals surface area (Å²) in [5.41, 5.74) is 1.83. The SMILES string of the molecule is CCN1C(=O)C(C)Oc2ccc(NC(=O)c3ccccc3Br)cc21. The Morgan fingerprint density at radius 1 is 1.29 bits per heavy atom. The number of benzene rings is 2. The van der Waals surface area contributed by atoms with Crippen LogP contribution in [0.15, 0.2) is 46.9 Å². The Morgan fingerprint density at radius 2 is 2.04 bits per heavy atom. The average molecular weight is 389 g/mol. The van der Waals surface area contributed by atoms with Gasteiger partial charge in [-0.15, -0.1) is 0 Å². The Bertz CT molecular complexity index is 807. The van der Waals surface area contributed by atoms with Gasteiger partial charge in [0.15, 0.2) is 6.10 Å². The van der Waals surface area contributed by atoms with Crippen LogP contribution in [-0.4, -0.2) is 24.5 Å². The summed E-state index contributed by atoms with van der Waals surface area (Å²) in [4.78, 5) is 26.3. The molecule has 2 aromatic rings. The highest BCUT2D eigenvalue weighted by Gasteiger charge is 2.30. The van der Waals surface area contributed by atoms with E-state index in [1.807, 2.05) is 19.1 Å². The number of nitrogens with zero attached hydrogens (tertiary/aromatic N) is 1. The van der Waals surface area contributed by atoms with Crippen LogP contribution in [0.25, 0.3) is 0 Å². The summed E-state index contributed by atoms with van der Waals surface area (Å²) in [5.74, 6) is 0.337.